The number of aromatic nitrogens is 3. The first kappa shape index (κ1) is 17.5. The van der Waals surface area contributed by atoms with E-state index in [4.69, 9.17) is 17.0 Å². The molecule has 0 bridgehead atoms. The van der Waals surface area contributed by atoms with Crippen LogP contribution in [0.5, 0.6) is 0 Å². The molecule has 2 heterocycles. The average Bonchev–Trinajstić information content (AvgIpc) is 3.04. The molecule has 0 aliphatic carbocycles. The van der Waals surface area contributed by atoms with Crippen molar-refractivity contribution in [2.24, 2.45) is 0 Å². The SMILES string of the molecule is O=C(Cn1nnc2ccccc21)NNC(=S)NCC[NH+]1CCOCC1. The third-order valence-corrected chi connectivity index (χ3v) is 4.24. The molecule has 0 saturated carbocycles. The largest absolute Gasteiger partial charge is 0.370 e. The summed E-state index contributed by atoms with van der Waals surface area (Å²) in [5.74, 6) is -0.251. The number of rotatable bonds is 5. The molecule has 4 N–H and O–H groups in total. The zero-order valence-corrected chi connectivity index (χ0v) is 14.6. The first-order valence-electron chi connectivity index (χ1n) is 8.24. The lowest BCUT2D eigenvalue weighted by Crippen LogP contribution is -3.14. The van der Waals surface area contributed by atoms with Crippen molar-refractivity contribution in [1.82, 2.24) is 31.2 Å². The van der Waals surface area contributed by atoms with Gasteiger partial charge >= 0.3 is 0 Å². The Labute approximate surface area is 150 Å². The highest BCUT2D eigenvalue weighted by atomic mass is 32.1. The maximum atomic E-state index is 12.0. The number of ether oxygens (including phenoxy) is 1. The molecule has 1 aliphatic heterocycles. The summed E-state index contributed by atoms with van der Waals surface area (Å²) in [6.45, 7) is 5.42. The summed E-state index contributed by atoms with van der Waals surface area (Å²) >= 11 is 5.16. The van der Waals surface area contributed by atoms with Crippen molar-refractivity contribution >= 4 is 34.3 Å². The molecule has 1 amide bonds. The highest BCUT2D eigenvalue weighted by Gasteiger charge is 2.13. The van der Waals surface area contributed by atoms with Gasteiger partial charge in [0.2, 0.25) is 0 Å². The number of hydrazine groups is 1. The zero-order chi connectivity index (χ0) is 17.5. The van der Waals surface area contributed by atoms with Gasteiger partial charge in [0, 0.05) is 0 Å². The van der Waals surface area contributed by atoms with Gasteiger partial charge in [-0.05, 0) is 24.4 Å². The van der Waals surface area contributed by atoms with Crippen molar-refractivity contribution in [2.45, 2.75) is 6.54 Å². The number of hydrogen-bond acceptors (Lipinski definition) is 5. The highest BCUT2D eigenvalue weighted by Crippen LogP contribution is 2.08. The lowest BCUT2D eigenvalue weighted by molar-refractivity contribution is -0.906. The molecule has 1 aromatic carbocycles. The number of nitrogens with one attached hydrogen (secondary N) is 4. The van der Waals surface area contributed by atoms with Gasteiger partial charge in [0.15, 0.2) is 5.11 Å². The Morgan fingerprint density at radius 1 is 1.28 bits per heavy atom. The lowest BCUT2D eigenvalue weighted by atomic mass is 10.3. The maximum Gasteiger partial charge on any atom is 0.260 e. The van der Waals surface area contributed by atoms with Crippen molar-refractivity contribution in [3.63, 3.8) is 0 Å². The van der Waals surface area contributed by atoms with E-state index in [1.54, 1.807) is 4.68 Å². The Bertz CT molecular complexity index is 729. The van der Waals surface area contributed by atoms with Gasteiger partial charge in [0.25, 0.3) is 5.91 Å². The quantitative estimate of drug-likeness (QED) is 0.355. The fourth-order valence-corrected chi connectivity index (χ4v) is 2.80. The van der Waals surface area contributed by atoms with Gasteiger partial charge in [-0.25, -0.2) is 4.68 Å². The van der Waals surface area contributed by atoms with Crippen LogP contribution in [0.4, 0.5) is 0 Å². The summed E-state index contributed by atoms with van der Waals surface area (Å²) in [4.78, 5) is 13.5. The van der Waals surface area contributed by atoms with Crippen LogP contribution in [-0.2, 0) is 16.1 Å². The molecule has 10 heteroatoms. The molecule has 1 saturated heterocycles. The summed E-state index contributed by atoms with van der Waals surface area (Å²) in [5, 5.41) is 11.5. The van der Waals surface area contributed by atoms with E-state index in [-0.39, 0.29) is 12.5 Å². The second-order valence-corrected chi connectivity index (χ2v) is 6.19. The third-order valence-electron chi connectivity index (χ3n) is 3.99. The first-order valence-corrected chi connectivity index (χ1v) is 8.65. The van der Waals surface area contributed by atoms with Gasteiger partial charge in [-0.1, -0.05) is 17.3 Å². The van der Waals surface area contributed by atoms with Gasteiger partial charge < -0.3 is 15.0 Å². The fraction of sp³-hybridized carbons (Fsp3) is 0.467. The van der Waals surface area contributed by atoms with Gasteiger partial charge in [0.1, 0.15) is 25.2 Å². The van der Waals surface area contributed by atoms with Crippen molar-refractivity contribution in [2.75, 3.05) is 39.4 Å². The number of quaternary nitrogens is 1. The Hall–Kier alpha value is -2.30. The molecule has 0 spiro atoms. The molecular weight excluding hydrogens is 342 g/mol. The van der Waals surface area contributed by atoms with Crippen LogP contribution in [-0.4, -0.2) is 65.4 Å². The van der Waals surface area contributed by atoms with Crippen LogP contribution in [0.15, 0.2) is 24.3 Å². The number of fused-ring (bicyclic) bond motifs is 1. The molecule has 25 heavy (non-hydrogen) atoms. The van der Waals surface area contributed by atoms with Gasteiger partial charge in [-0.3, -0.25) is 15.6 Å². The number of carbonyl (C=O) groups is 1. The molecule has 3 rings (SSSR count). The molecule has 1 aromatic heterocycles. The van der Waals surface area contributed by atoms with E-state index in [9.17, 15) is 4.79 Å². The summed E-state index contributed by atoms with van der Waals surface area (Å²) in [7, 11) is 0. The molecular formula is C15H22N7O2S+. The Morgan fingerprint density at radius 3 is 2.92 bits per heavy atom. The van der Waals surface area contributed by atoms with Crippen LogP contribution >= 0.6 is 12.2 Å². The average molecular weight is 364 g/mol. The fourth-order valence-electron chi connectivity index (χ4n) is 2.64. The van der Waals surface area contributed by atoms with Gasteiger partial charge in [-0.15, -0.1) is 5.10 Å². The Balaban J connectivity index is 1.36. The van der Waals surface area contributed by atoms with Gasteiger partial charge in [0.05, 0.1) is 31.8 Å². The normalized spacial score (nSPS) is 15.0. The minimum absolute atomic E-state index is 0.0635. The van der Waals surface area contributed by atoms with Crippen LogP contribution < -0.4 is 21.1 Å². The van der Waals surface area contributed by atoms with Crippen molar-refractivity contribution < 1.29 is 14.4 Å². The predicted molar refractivity (Wildman–Crippen MR) is 95.8 cm³/mol. The van der Waals surface area contributed by atoms with Crippen LogP contribution in [0.2, 0.25) is 0 Å². The number of carbonyl (C=O) groups excluding carboxylic acids is 1. The summed E-state index contributed by atoms with van der Waals surface area (Å²) in [6, 6.07) is 7.49. The molecule has 9 nitrogen and oxygen atoms in total. The minimum Gasteiger partial charge on any atom is -0.370 e. The second-order valence-electron chi connectivity index (χ2n) is 5.78. The van der Waals surface area contributed by atoms with Crippen LogP contribution in [0, 0.1) is 0 Å². The summed E-state index contributed by atoms with van der Waals surface area (Å²) < 4.78 is 6.87. The Morgan fingerprint density at radius 2 is 2.08 bits per heavy atom. The number of para-hydroxylation sites is 1. The van der Waals surface area contributed by atoms with E-state index >= 15 is 0 Å². The highest BCUT2D eigenvalue weighted by molar-refractivity contribution is 7.80. The number of thiocarbonyl (C=S) groups is 1. The monoisotopic (exact) mass is 364 g/mol. The first-order chi connectivity index (χ1) is 12.2. The smallest absolute Gasteiger partial charge is 0.260 e. The topological polar surface area (TPSA) is 97.5 Å². The summed E-state index contributed by atoms with van der Waals surface area (Å²) in [5.41, 5.74) is 6.84. The Kier molecular flexibility index (Phi) is 6.09. The van der Waals surface area contributed by atoms with Crippen molar-refractivity contribution in [3.05, 3.63) is 24.3 Å². The third kappa shape index (κ3) is 5.08. The van der Waals surface area contributed by atoms with E-state index in [0.29, 0.717) is 5.11 Å². The van der Waals surface area contributed by atoms with Crippen molar-refractivity contribution in [1.29, 1.82) is 0 Å². The molecule has 2 aromatic rings. The number of hydrogen-bond donors (Lipinski definition) is 4. The minimum atomic E-state index is -0.251. The zero-order valence-electron chi connectivity index (χ0n) is 13.8. The van der Waals surface area contributed by atoms with E-state index in [0.717, 1.165) is 50.4 Å². The van der Waals surface area contributed by atoms with Gasteiger partial charge in [-0.2, -0.15) is 0 Å². The molecule has 1 aliphatic rings. The molecule has 0 unspecified atom stereocenters. The molecule has 0 radical (unpaired) electrons. The maximum absolute atomic E-state index is 12.0. The predicted octanol–water partition coefficient (Wildman–Crippen LogP) is -2.16. The van der Waals surface area contributed by atoms with E-state index in [1.165, 1.54) is 4.90 Å². The van der Waals surface area contributed by atoms with Crippen LogP contribution in [0.3, 0.4) is 0 Å². The molecule has 134 valence electrons. The number of benzene rings is 1. The number of amides is 1. The molecule has 0 atom stereocenters. The lowest BCUT2D eigenvalue weighted by Gasteiger charge is -2.24. The standard InChI is InChI=1S/C15H21N7O2S/c23-14(11-22-13-4-2-1-3-12(13)17-20-22)18-19-15(25)16-5-6-21-7-9-24-10-8-21/h1-4H,5-11H2,(H,18,23)(H2,16,19,25)/p+1. The molecule has 1 fully saturated rings. The van der Waals surface area contributed by atoms with E-state index in [1.807, 2.05) is 24.3 Å². The number of nitrogens with zero attached hydrogens (tertiary/aromatic N) is 3. The van der Waals surface area contributed by atoms with Crippen molar-refractivity contribution in [3.8, 4) is 0 Å². The van der Waals surface area contributed by atoms with Crippen LogP contribution in [0.1, 0.15) is 0 Å². The summed E-state index contributed by atoms with van der Waals surface area (Å²) in [6.07, 6.45) is 0. The van der Waals surface area contributed by atoms with E-state index in [2.05, 4.69) is 26.5 Å². The van der Waals surface area contributed by atoms with E-state index < -0.39 is 0 Å². The number of morpholine rings is 1. The van der Waals surface area contributed by atoms with Crippen LogP contribution in [0.25, 0.3) is 11.0 Å². The second kappa shape index (κ2) is 8.70.